The molecule has 1 fully saturated rings. The maximum absolute atomic E-state index is 12.3. The van der Waals surface area contributed by atoms with Crippen molar-refractivity contribution in [1.82, 2.24) is 4.98 Å². The first-order chi connectivity index (χ1) is 16.5. The molecule has 3 aliphatic heterocycles. The van der Waals surface area contributed by atoms with Crippen LogP contribution in [0.1, 0.15) is 61.0 Å². The molecule has 2 aromatic rings. The lowest BCUT2D eigenvalue weighted by atomic mass is 9.97. The standard InChI is InChI=1S/C27H35N3O4/c1-27(33-2)23-12-6-5-11-22(23)24(26(31)32)30(27)17-21(18-30)34-16-7-3-4-10-20-14-13-19-9-8-15-28-25(19)29-20/h5-6,11-14,21,24H,3-4,7-10,15-18H2,1-2H3,(H-,28,29,31,32)/p+1. The molecule has 182 valence electrons. The molecule has 0 radical (unpaired) electrons. The third kappa shape index (κ3) is 3.80. The summed E-state index contributed by atoms with van der Waals surface area (Å²) in [7, 11) is 1.68. The van der Waals surface area contributed by atoms with E-state index in [4.69, 9.17) is 14.5 Å². The van der Waals surface area contributed by atoms with Crippen LogP contribution >= 0.6 is 0 Å². The van der Waals surface area contributed by atoms with E-state index in [2.05, 4.69) is 17.4 Å². The van der Waals surface area contributed by atoms with Gasteiger partial charge in [0.05, 0.1) is 5.56 Å². The highest BCUT2D eigenvalue weighted by Gasteiger charge is 2.69. The van der Waals surface area contributed by atoms with Gasteiger partial charge in [0.25, 0.3) is 0 Å². The highest BCUT2D eigenvalue weighted by Crippen LogP contribution is 2.56. The number of benzene rings is 1. The average molecular weight is 467 g/mol. The number of hydrogen-bond acceptors (Lipinski definition) is 5. The average Bonchev–Trinajstić information content (AvgIpc) is 3.07. The number of carbonyl (C=O) groups is 1. The SMILES string of the molecule is COC1(C)c2ccccc2C(C(=O)O)[N+]12CC(OCCCCCc1ccc3c(n1)NCCC3)C2. The second-order valence-corrected chi connectivity index (χ2v) is 10.1. The van der Waals surface area contributed by atoms with Gasteiger partial charge in [-0.1, -0.05) is 30.7 Å². The van der Waals surface area contributed by atoms with E-state index in [1.165, 1.54) is 12.0 Å². The Morgan fingerprint density at radius 1 is 1.21 bits per heavy atom. The van der Waals surface area contributed by atoms with Gasteiger partial charge in [0.15, 0.2) is 6.10 Å². The predicted molar refractivity (Wildman–Crippen MR) is 130 cm³/mol. The lowest BCUT2D eigenvalue weighted by Gasteiger charge is -2.56. The van der Waals surface area contributed by atoms with Gasteiger partial charge in [0.1, 0.15) is 18.9 Å². The number of quaternary nitrogens is 1. The number of carboxylic acids is 1. The van der Waals surface area contributed by atoms with E-state index >= 15 is 0 Å². The van der Waals surface area contributed by atoms with Crippen molar-refractivity contribution in [3.8, 4) is 0 Å². The molecule has 2 unspecified atom stereocenters. The largest absolute Gasteiger partial charge is 0.477 e. The second-order valence-electron chi connectivity index (χ2n) is 10.1. The van der Waals surface area contributed by atoms with Gasteiger partial charge in [-0.15, -0.1) is 0 Å². The number of anilines is 1. The summed E-state index contributed by atoms with van der Waals surface area (Å²) in [4.78, 5) is 17.1. The summed E-state index contributed by atoms with van der Waals surface area (Å²) in [6.45, 7) is 5.06. The third-order valence-electron chi connectivity index (χ3n) is 8.17. The van der Waals surface area contributed by atoms with Crippen molar-refractivity contribution < 1.29 is 23.9 Å². The summed E-state index contributed by atoms with van der Waals surface area (Å²) in [6, 6.07) is 11.6. The van der Waals surface area contributed by atoms with Crippen molar-refractivity contribution in [3.05, 3.63) is 58.8 Å². The molecule has 5 rings (SSSR count). The van der Waals surface area contributed by atoms with Crippen molar-refractivity contribution in [2.45, 2.75) is 63.3 Å². The molecular weight excluding hydrogens is 430 g/mol. The molecule has 7 heteroatoms. The zero-order valence-electron chi connectivity index (χ0n) is 20.3. The van der Waals surface area contributed by atoms with Crippen LogP contribution in [0.3, 0.4) is 0 Å². The number of aryl methyl sites for hydroxylation is 2. The van der Waals surface area contributed by atoms with Crippen LogP contribution in [0.4, 0.5) is 5.82 Å². The molecule has 3 aliphatic rings. The molecular formula is C27H36N3O4+. The number of aliphatic carboxylic acids is 1. The fraction of sp³-hybridized carbons (Fsp3) is 0.556. The summed E-state index contributed by atoms with van der Waals surface area (Å²) in [6.07, 6.45) is 6.56. The van der Waals surface area contributed by atoms with Gasteiger partial charge in [-0.2, -0.15) is 0 Å². The van der Waals surface area contributed by atoms with Gasteiger partial charge in [-0.3, -0.25) is 4.48 Å². The number of carboxylic acid groups (broad SMARTS) is 1. The van der Waals surface area contributed by atoms with E-state index in [1.54, 1.807) is 7.11 Å². The summed E-state index contributed by atoms with van der Waals surface area (Å²) in [5.74, 6) is 0.276. The number of ether oxygens (including phenoxy) is 2. The van der Waals surface area contributed by atoms with Crippen LogP contribution < -0.4 is 5.32 Å². The Balaban J connectivity index is 1.10. The Kier molecular flexibility index (Phi) is 6.35. The number of pyridine rings is 1. The minimum absolute atomic E-state index is 0.0685. The Morgan fingerprint density at radius 2 is 2.03 bits per heavy atom. The number of fused-ring (bicyclic) bond motifs is 2. The lowest BCUT2D eigenvalue weighted by Crippen LogP contribution is -2.74. The first-order valence-electron chi connectivity index (χ1n) is 12.6. The normalized spacial score (nSPS) is 29.2. The topological polar surface area (TPSA) is 80.7 Å². The Morgan fingerprint density at radius 3 is 2.82 bits per heavy atom. The fourth-order valence-electron chi connectivity index (χ4n) is 6.23. The van der Waals surface area contributed by atoms with Crippen molar-refractivity contribution in [2.24, 2.45) is 0 Å². The number of nitrogens with one attached hydrogen (secondary N) is 1. The maximum atomic E-state index is 12.3. The van der Waals surface area contributed by atoms with Gasteiger partial charge in [0, 0.05) is 38.4 Å². The van der Waals surface area contributed by atoms with Crippen LogP contribution in [0, 0.1) is 0 Å². The molecule has 0 saturated carbocycles. The molecule has 0 bridgehead atoms. The van der Waals surface area contributed by atoms with Crippen LogP contribution in [0.25, 0.3) is 0 Å². The van der Waals surface area contributed by atoms with Crippen LogP contribution in [-0.2, 0) is 32.8 Å². The third-order valence-corrected chi connectivity index (χ3v) is 8.17. The number of unbranched alkanes of at least 4 members (excludes halogenated alkanes) is 2. The second kappa shape index (κ2) is 9.29. The molecule has 1 aromatic heterocycles. The molecule has 34 heavy (non-hydrogen) atoms. The molecule has 0 amide bonds. The summed E-state index contributed by atoms with van der Waals surface area (Å²) < 4.78 is 12.5. The van der Waals surface area contributed by atoms with E-state index in [1.807, 2.05) is 31.2 Å². The van der Waals surface area contributed by atoms with E-state index in [0.717, 1.165) is 61.3 Å². The molecule has 7 nitrogen and oxygen atoms in total. The minimum atomic E-state index is -0.794. The number of aromatic nitrogens is 1. The van der Waals surface area contributed by atoms with Crippen LogP contribution in [0.5, 0.6) is 0 Å². The van der Waals surface area contributed by atoms with Gasteiger partial charge in [-0.25, -0.2) is 9.78 Å². The Hall–Kier alpha value is -2.48. The van der Waals surface area contributed by atoms with Gasteiger partial charge in [0.2, 0.25) is 11.8 Å². The first kappa shape index (κ1) is 23.3. The molecule has 1 saturated heterocycles. The van der Waals surface area contributed by atoms with Crippen LogP contribution in [-0.4, -0.2) is 60.0 Å². The smallest absolute Gasteiger partial charge is 0.367 e. The molecule has 4 heterocycles. The van der Waals surface area contributed by atoms with E-state index < -0.39 is 17.7 Å². The van der Waals surface area contributed by atoms with Crippen molar-refractivity contribution in [3.63, 3.8) is 0 Å². The van der Waals surface area contributed by atoms with E-state index in [9.17, 15) is 9.90 Å². The highest BCUT2D eigenvalue weighted by atomic mass is 16.5. The number of methoxy groups -OCH3 is 1. The van der Waals surface area contributed by atoms with E-state index in [-0.39, 0.29) is 6.10 Å². The van der Waals surface area contributed by atoms with Gasteiger partial charge in [-0.05, 0) is 49.8 Å². The van der Waals surface area contributed by atoms with Crippen molar-refractivity contribution in [1.29, 1.82) is 0 Å². The predicted octanol–water partition coefficient (Wildman–Crippen LogP) is 4.03. The molecule has 2 N–H and O–H groups in total. The summed E-state index contributed by atoms with van der Waals surface area (Å²) >= 11 is 0. The van der Waals surface area contributed by atoms with Gasteiger partial charge >= 0.3 is 5.97 Å². The highest BCUT2D eigenvalue weighted by molar-refractivity contribution is 5.76. The minimum Gasteiger partial charge on any atom is -0.477 e. The lowest BCUT2D eigenvalue weighted by molar-refractivity contribution is -1.05. The van der Waals surface area contributed by atoms with Crippen molar-refractivity contribution >= 4 is 11.8 Å². The monoisotopic (exact) mass is 466 g/mol. The zero-order chi connectivity index (χ0) is 23.8. The molecule has 1 aromatic carbocycles. The molecule has 0 aliphatic carbocycles. The summed E-state index contributed by atoms with van der Waals surface area (Å²) in [5, 5.41) is 13.5. The van der Waals surface area contributed by atoms with Gasteiger partial charge < -0.3 is 19.9 Å². The van der Waals surface area contributed by atoms with Crippen molar-refractivity contribution in [2.75, 3.05) is 38.7 Å². The fourth-order valence-corrected chi connectivity index (χ4v) is 6.23. The van der Waals surface area contributed by atoms with Crippen LogP contribution in [0.15, 0.2) is 36.4 Å². The molecule has 1 spiro atoms. The zero-order valence-corrected chi connectivity index (χ0v) is 20.3. The Bertz CT molecular complexity index is 1050. The number of nitrogens with zero attached hydrogens (tertiary/aromatic N) is 2. The Labute approximate surface area is 201 Å². The first-order valence-corrected chi connectivity index (χ1v) is 12.6. The van der Waals surface area contributed by atoms with E-state index in [0.29, 0.717) is 24.2 Å². The number of rotatable bonds is 9. The summed E-state index contributed by atoms with van der Waals surface area (Å²) in [5.41, 5.74) is 3.67. The quantitative estimate of drug-likeness (QED) is 0.429. The van der Waals surface area contributed by atoms with Crippen LogP contribution in [0.2, 0.25) is 0 Å². The number of hydrogen-bond donors (Lipinski definition) is 2. The maximum Gasteiger partial charge on any atom is 0.367 e. The molecule has 2 atom stereocenters.